The van der Waals surface area contributed by atoms with Gasteiger partial charge in [0.25, 0.3) is 0 Å². The molecule has 1 aromatic heterocycles. The molecule has 2 N–H and O–H groups in total. The number of carbonyl (C=O) groups is 1. The van der Waals surface area contributed by atoms with E-state index in [1.54, 1.807) is 13.3 Å². The summed E-state index contributed by atoms with van der Waals surface area (Å²) < 4.78 is 5.13. The third-order valence-corrected chi connectivity index (χ3v) is 3.81. The van der Waals surface area contributed by atoms with Crippen LogP contribution in [0.1, 0.15) is 24.7 Å². The number of likely N-dealkylation sites (tertiary alicyclic amines) is 1. The third-order valence-electron chi connectivity index (χ3n) is 3.81. The summed E-state index contributed by atoms with van der Waals surface area (Å²) in [5.41, 5.74) is 1.87. The molecule has 1 aromatic carbocycles. The maximum absolute atomic E-state index is 11.2. The first kappa shape index (κ1) is 13.5. The Labute approximate surface area is 122 Å². The number of carboxylic acid groups (broad SMARTS) is 1. The summed E-state index contributed by atoms with van der Waals surface area (Å²) in [6.07, 6.45) is 2.53. The summed E-state index contributed by atoms with van der Waals surface area (Å²) in [4.78, 5) is 20.2. The molecule has 6 heteroatoms. The van der Waals surface area contributed by atoms with Crippen LogP contribution in [-0.4, -0.2) is 39.7 Å². The molecule has 21 heavy (non-hydrogen) atoms. The zero-order valence-electron chi connectivity index (χ0n) is 11.7. The molecular weight excluding hydrogens is 270 g/mol. The zero-order valence-corrected chi connectivity index (χ0v) is 11.7. The highest BCUT2D eigenvalue weighted by molar-refractivity contribution is 5.66. The molecule has 1 aliphatic rings. The Bertz CT molecular complexity index is 636. The third kappa shape index (κ3) is 2.56. The second-order valence-corrected chi connectivity index (χ2v) is 5.04. The van der Waals surface area contributed by atoms with Gasteiger partial charge in [0.15, 0.2) is 0 Å². The minimum atomic E-state index is -0.889. The van der Waals surface area contributed by atoms with E-state index in [1.807, 2.05) is 24.3 Å². The highest BCUT2D eigenvalue weighted by Crippen LogP contribution is 2.31. The summed E-state index contributed by atoms with van der Waals surface area (Å²) in [7, 11) is 1.63. The molecule has 0 radical (unpaired) electrons. The average Bonchev–Trinajstić information content (AvgIpc) is 3.16. The Morgan fingerprint density at radius 3 is 2.86 bits per heavy atom. The number of rotatable bonds is 3. The largest absolute Gasteiger partial charge is 0.497 e. The molecule has 1 unspecified atom stereocenters. The number of nitrogens with one attached hydrogen (secondary N) is 1. The van der Waals surface area contributed by atoms with Crippen LogP contribution in [0.2, 0.25) is 0 Å². The Morgan fingerprint density at radius 1 is 1.43 bits per heavy atom. The molecule has 1 atom stereocenters. The Balaban J connectivity index is 1.84. The van der Waals surface area contributed by atoms with E-state index in [4.69, 9.17) is 4.74 Å². The summed E-state index contributed by atoms with van der Waals surface area (Å²) in [5, 5.41) is 9.20. The maximum atomic E-state index is 11.2. The number of aromatic nitrogens is 2. The van der Waals surface area contributed by atoms with E-state index in [0.717, 1.165) is 29.8 Å². The van der Waals surface area contributed by atoms with E-state index in [1.165, 1.54) is 4.90 Å². The van der Waals surface area contributed by atoms with Gasteiger partial charge in [-0.25, -0.2) is 9.78 Å². The van der Waals surface area contributed by atoms with Gasteiger partial charge in [-0.2, -0.15) is 0 Å². The number of nitrogens with zero attached hydrogens (tertiary/aromatic N) is 2. The first-order valence-corrected chi connectivity index (χ1v) is 6.88. The van der Waals surface area contributed by atoms with Crippen molar-refractivity contribution in [3.8, 4) is 17.0 Å². The second kappa shape index (κ2) is 5.47. The quantitative estimate of drug-likeness (QED) is 0.909. The fourth-order valence-corrected chi connectivity index (χ4v) is 2.70. The molecule has 1 aliphatic heterocycles. The molecule has 1 amide bonds. The Hall–Kier alpha value is -2.50. The monoisotopic (exact) mass is 287 g/mol. The molecule has 1 fully saturated rings. The number of aromatic amines is 1. The van der Waals surface area contributed by atoms with E-state index in [0.29, 0.717) is 12.4 Å². The van der Waals surface area contributed by atoms with Crippen molar-refractivity contribution < 1.29 is 14.6 Å². The highest BCUT2D eigenvalue weighted by Gasteiger charge is 2.31. The number of imidazole rings is 1. The molecule has 2 aromatic rings. The van der Waals surface area contributed by atoms with E-state index in [2.05, 4.69) is 9.97 Å². The lowest BCUT2D eigenvalue weighted by atomic mass is 10.1. The first-order valence-electron chi connectivity index (χ1n) is 6.88. The lowest BCUT2D eigenvalue weighted by molar-refractivity contribution is 0.139. The van der Waals surface area contributed by atoms with E-state index in [-0.39, 0.29) is 6.04 Å². The van der Waals surface area contributed by atoms with Gasteiger partial charge < -0.3 is 14.8 Å². The molecule has 6 nitrogen and oxygen atoms in total. The number of benzene rings is 1. The van der Waals surface area contributed by atoms with Gasteiger partial charge in [0, 0.05) is 6.54 Å². The van der Waals surface area contributed by atoms with Crippen LogP contribution in [0.3, 0.4) is 0 Å². The Kier molecular flexibility index (Phi) is 3.51. The lowest BCUT2D eigenvalue weighted by Gasteiger charge is -2.19. The van der Waals surface area contributed by atoms with Gasteiger partial charge in [0.2, 0.25) is 0 Å². The number of hydrogen-bond acceptors (Lipinski definition) is 3. The van der Waals surface area contributed by atoms with Gasteiger partial charge in [0.05, 0.1) is 25.0 Å². The van der Waals surface area contributed by atoms with Gasteiger partial charge in [-0.05, 0) is 42.7 Å². The smallest absolute Gasteiger partial charge is 0.407 e. The number of amides is 1. The molecule has 0 bridgehead atoms. The van der Waals surface area contributed by atoms with Crippen LogP contribution in [0.4, 0.5) is 4.79 Å². The summed E-state index contributed by atoms with van der Waals surface area (Å²) in [6, 6.07) is 7.48. The van der Waals surface area contributed by atoms with Crippen LogP contribution < -0.4 is 4.74 Å². The fraction of sp³-hybridized carbons (Fsp3) is 0.333. The maximum Gasteiger partial charge on any atom is 0.407 e. The predicted octanol–water partition coefficient (Wildman–Crippen LogP) is 2.90. The summed E-state index contributed by atoms with van der Waals surface area (Å²) in [5.74, 6) is 1.51. The standard InChI is InChI=1S/C15H17N3O3/c1-21-11-6-4-10(5-7-11)12-9-16-14(17-12)13-3-2-8-18(13)15(19)20/h4-7,9,13H,2-3,8H2,1H3,(H,16,17)(H,19,20). The van der Waals surface area contributed by atoms with Crippen molar-refractivity contribution in [1.82, 2.24) is 14.9 Å². The van der Waals surface area contributed by atoms with Crippen molar-refractivity contribution in [2.24, 2.45) is 0 Å². The van der Waals surface area contributed by atoms with E-state index >= 15 is 0 Å². The van der Waals surface area contributed by atoms with Crippen molar-refractivity contribution in [3.05, 3.63) is 36.3 Å². The van der Waals surface area contributed by atoms with Gasteiger partial charge in [-0.3, -0.25) is 4.90 Å². The number of hydrogen-bond donors (Lipinski definition) is 2. The lowest BCUT2D eigenvalue weighted by Crippen LogP contribution is -2.29. The molecule has 3 rings (SSSR count). The van der Waals surface area contributed by atoms with Crippen LogP contribution in [0.5, 0.6) is 5.75 Å². The van der Waals surface area contributed by atoms with Crippen molar-refractivity contribution in [3.63, 3.8) is 0 Å². The topological polar surface area (TPSA) is 78.4 Å². The van der Waals surface area contributed by atoms with E-state index < -0.39 is 6.09 Å². The zero-order chi connectivity index (χ0) is 14.8. The Morgan fingerprint density at radius 2 is 2.19 bits per heavy atom. The summed E-state index contributed by atoms with van der Waals surface area (Å²) in [6.45, 7) is 0.568. The molecule has 2 heterocycles. The number of H-pyrrole nitrogens is 1. The second-order valence-electron chi connectivity index (χ2n) is 5.04. The first-order chi connectivity index (χ1) is 10.2. The van der Waals surface area contributed by atoms with E-state index in [9.17, 15) is 9.90 Å². The minimum Gasteiger partial charge on any atom is -0.497 e. The molecule has 1 saturated heterocycles. The van der Waals surface area contributed by atoms with Crippen LogP contribution in [0, 0.1) is 0 Å². The average molecular weight is 287 g/mol. The number of ether oxygens (including phenoxy) is 1. The minimum absolute atomic E-state index is 0.172. The predicted molar refractivity (Wildman–Crippen MR) is 77.3 cm³/mol. The van der Waals surface area contributed by atoms with Crippen LogP contribution in [0.25, 0.3) is 11.3 Å². The van der Waals surface area contributed by atoms with Crippen molar-refractivity contribution >= 4 is 6.09 Å². The van der Waals surface area contributed by atoms with Crippen LogP contribution in [0.15, 0.2) is 30.5 Å². The molecule has 0 aliphatic carbocycles. The van der Waals surface area contributed by atoms with Crippen molar-refractivity contribution in [2.45, 2.75) is 18.9 Å². The molecule has 0 spiro atoms. The summed E-state index contributed by atoms with van der Waals surface area (Å²) >= 11 is 0. The SMILES string of the molecule is COc1ccc(-c2cnc(C3CCCN3C(=O)O)[nH]2)cc1. The van der Waals surface area contributed by atoms with Crippen molar-refractivity contribution in [2.75, 3.05) is 13.7 Å². The molecule has 0 saturated carbocycles. The van der Waals surface area contributed by atoms with Gasteiger partial charge >= 0.3 is 6.09 Å². The van der Waals surface area contributed by atoms with Crippen molar-refractivity contribution in [1.29, 1.82) is 0 Å². The van der Waals surface area contributed by atoms with Gasteiger partial charge in [-0.15, -0.1) is 0 Å². The number of methoxy groups -OCH3 is 1. The normalized spacial score (nSPS) is 18.0. The van der Waals surface area contributed by atoms with Gasteiger partial charge in [0.1, 0.15) is 11.6 Å². The van der Waals surface area contributed by atoms with Crippen LogP contribution in [-0.2, 0) is 0 Å². The fourth-order valence-electron chi connectivity index (χ4n) is 2.70. The highest BCUT2D eigenvalue weighted by atomic mass is 16.5. The van der Waals surface area contributed by atoms with Gasteiger partial charge in [-0.1, -0.05) is 0 Å². The molecule has 110 valence electrons. The molecular formula is C15H17N3O3. The van der Waals surface area contributed by atoms with Crippen LogP contribution >= 0.6 is 0 Å².